The summed E-state index contributed by atoms with van der Waals surface area (Å²) in [5.41, 5.74) is 2.50. The van der Waals surface area contributed by atoms with Gasteiger partial charge in [0.15, 0.2) is 17.3 Å². The zero-order valence-corrected chi connectivity index (χ0v) is 42.9. The molecule has 7 heterocycles. The Kier molecular flexibility index (Phi) is 24.8. The Morgan fingerprint density at radius 3 is 1.27 bits per heavy atom. The highest BCUT2D eigenvalue weighted by Gasteiger charge is 2.26. The van der Waals surface area contributed by atoms with Crippen molar-refractivity contribution in [2.45, 2.75) is 19.9 Å². The van der Waals surface area contributed by atoms with E-state index in [0.29, 0.717) is 48.6 Å². The molecule has 25 nitrogen and oxygen atoms in total. The Hall–Kier alpha value is -10.3. The molecule has 1 aliphatic heterocycles. The number of ketones is 3. The molecule has 0 radical (unpaired) electrons. The number of benzene rings is 1. The van der Waals surface area contributed by atoms with E-state index in [1.54, 1.807) is 71.6 Å². The smallest absolute Gasteiger partial charge is 0.272 e. The number of hydrogen-bond donors (Lipinski definition) is 5. The minimum Gasteiger partial charge on any atom is -0.378 e. The fourth-order valence-electron chi connectivity index (χ4n) is 6.52. The van der Waals surface area contributed by atoms with Crippen LogP contribution in [-0.2, 0) is 14.3 Å². The number of carbonyl (C=O) groups excluding carboxylic acids is 9. The van der Waals surface area contributed by atoms with E-state index < -0.39 is 23.8 Å². The van der Waals surface area contributed by atoms with Gasteiger partial charge in [-0.1, -0.05) is 32.0 Å². The third-order valence-electron chi connectivity index (χ3n) is 10.7. The Morgan fingerprint density at radius 1 is 0.443 bits per heavy atom. The third-order valence-corrected chi connectivity index (χ3v) is 10.7. The molecule has 6 amide bonds. The minimum atomic E-state index is -0.731. The molecule has 1 aliphatic rings. The van der Waals surface area contributed by atoms with E-state index in [0.717, 1.165) is 0 Å². The van der Waals surface area contributed by atoms with Crippen LogP contribution in [0.2, 0.25) is 0 Å². The highest BCUT2D eigenvalue weighted by Crippen LogP contribution is 2.06. The van der Waals surface area contributed by atoms with Crippen LogP contribution in [-0.4, -0.2) is 161 Å². The lowest BCUT2D eigenvalue weighted by atomic mass is 9.99. The first-order chi connectivity index (χ1) is 38.3. The zero-order chi connectivity index (χ0) is 56.6. The van der Waals surface area contributed by atoms with Gasteiger partial charge in [-0.05, 0) is 54.4 Å². The number of Topliss-reactive ketones (excluding diaryl/α,β-unsaturated/α-hetero) is 3. The number of carbonyl (C=O) groups is 9. The molecule has 0 saturated carbocycles. The summed E-state index contributed by atoms with van der Waals surface area (Å²) >= 11 is 0. The zero-order valence-electron chi connectivity index (χ0n) is 42.9. The van der Waals surface area contributed by atoms with Crippen LogP contribution < -0.4 is 26.6 Å². The lowest BCUT2D eigenvalue weighted by Crippen LogP contribution is -2.48. The third kappa shape index (κ3) is 21.1. The van der Waals surface area contributed by atoms with Gasteiger partial charge in [0.2, 0.25) is 5.91 Å². The topological polar surface area (TPSA) is 342 Å². The number of nitrogens with one attached hydrogen (secondary N) is 5. The SMILES string of the molecule is CC(C)[C@H](NC(=O)c1cnccn1)C(=O)CNC(=O)c1ccccc1.O=C(CNC(=O)c1ccncc1)c1ccncc1.O=C(CNC(=O)c1cnccn1)c1ccncc1.O=C(NCC(=O)N1CCOCC1)c1cnccn1. The summed E-state index contributed by atoms with van der Waals surface area (Å²) in [6.45, 7) is 5.54. The van der Waals surface area contributed by atoms with Gasteiger partial charge in [0.05, 0.1) is 64.0 Å². The molecule has 1 aromatic carbocycles. The quantitative estimate of drug-likeness (QED) is 0.0766. The van der Waals surface area contributed by atoms with Crippen molar-refractivity contribution in [3.63, 3.8) is 0 Å². The predicted octanol–water partition coefficient (Wildman–Crippen LogP) is 1.87. The van der Waals surface area contributed by atoms with Gasteiger partial charge in [0.25, 0.3) is 29.5 Å². The summed E-state index contributed by atoms with van der Waals surface area (Å²) in [7, 11) is 0. The average Bonchev–Trinajstić information content (AvgIpc) is 3.51. The molecule has 79 heavy (non-hydrogen) atoms. The summed E-state index contributed by atoms with van der Waals surface area (Å²) in [6.07, 6.45) is 21.9. The van der Waals surface area contributed by atoms with Crippen LogP contribution >= 0.6 is 0 Å². The van der Waals surface area contributed by atoms with Crippen LogP contribution in [0, 0.1) is 5.92 Å². The largest absolute Gasteiger partial charge is 0.378 e. The predicted molar refractivity (Wildman–Crippen MR) is 282 cm³/mol. The van der Waals surface area contributed by atoms with Crippen molar-refractivity contribution in [3.8, 4) is 0 Å². The molecule has 1 fully saturated rings. The van der Waals surface area contributed by atoms with Crippen molar-refractivity contribution in [1.29, 1.82) is 0 Å². The van der Waals surface area contributed by atoms with Gasteiger partial charge in [-0.2, -0.15) is 0 Å². The van der Waals surface area contributed by atoms with Crippen molar-refractivity contribution in [3.05, 3.63) is 199 Å². The number of ether oxygens (including phenoxy) is 1. The van der Waals surface area contributed by atoms with Crippen molar-refractivity contribution < 1.29 is 47.9 Å². The maximum absolute atomic E-state index is 12.4. The van der Waals surface area contributed by atoms with Gasteiger partial charge in [-0.15, -0.1) is 0 Å². The van der Waals surface area contributed by atoms with Crippen LogP contribution in [0.5, 0.6) is 0 Å². The Balaban J connectivity index is 0.000000196. The fraction of sp³-hybridized carbons (Fsp3) is 0.222. The van der Waals surface area contributed by atoms with Gasteiger partial charge < -0.3 is 36.2 Å². The fourth-order valence-corrected chi connectivity index (χ4v) is 6.52. The molecule has 6 aromatic heterocycles. The molecule has 25 heteroatoms. The van der Waals surface area contributed by atoms with Gasteiger partial charge in [-0.3, -0.25) is 73.1 Å². The van der Waals surface area contributed by atoms with E-state index in [9.17, 15) is 43.2 Å². The molecule has 8 rings (SSSR count). The van der Waals surface area contributed by atoms with Gasteiger partial charge in [0, 0.05) is 110 Å². The molecule has 1 atom stereocenters. The molecular formula is C54H55N15O10. The summed E-state index contributed by atoms with van der Waals surface area (Å²) in [4.78, 5) is 143. The summed E-state index contributed by atoms with van der Waals surface area (Å²) in [6, 6.07) is 17.5. The summed E-state index contributed by atoms with van der Waals surface area (Å²) < 4.78 is 5.15. The second-order valence-electron chi connectivity index (χ2n) is 16.6. The van der Waals surface area contributed by atoms with Gasteiger partial charge in [0.1, 0.15) is 17.1 Å². The summed E-state index contributed by atoms with van der Waals surface area (Å²) in [5.74, 6) is -2.80. The maximum atomic E-state index is 12.4. The van der Waals surface area contributed by atoms with Crippen molar-refractivity contribution in [1.82, 2.24) is 76.3 Å². The second kappa shape index (κ2) is 32.9. The highest BCUT2D eigenvalue weighted by atomic mass is 16.5. The molecule has 0 unspecified atom stereocenters. The van der Waals surface area contributed by atoms with Crippen LogP contribution in [0.1, 0.15) is 86.7 Å². The van der Waals surface area contributed by atoms with Crippen molar-refractivity contribution in [2.75, 3.05) is 52.5 Å². The number of aromatic nitrogens is 9. The van der Waals surface area contributed by atoms with Crippen LogP contribution in [0.3, 0.4) is 0 Å². The lowest BCUT2D eigenvalue weighted by Gasteiger charge is -2.26. The van der Waals surface area contributed by atoms with Crippen molar-refractivity contribution in [2.24, 2.45) is 5.92 Å². The number of rotatable bonds is 18. The minimum absolute atomic E-state index is 0.0323. The van der Waals surface area contributed by atoms with Crippen LogP contribution in [0.25, 0.3) is 0 Å². The number of pyridine rings is 3. The monoisotopic (exact) mass is 1070 g/mol. The van der Waals surface area contributed by atoms with E-state index in [-0.39, 0.29) is 84.2 Å². The van der Waals surface area contributed by atoms with E-state index >= 15 is 0 Å². The van der Waals surface area contributed by atoms with Crippen LogP contribution in [0.15, 0.2) is 160 Å². The number of morpholine rings is 1. The molecule has 406 valence electrons. The van der Waals surface area contributed by atoms with Gasteiger partial charge in [-0.25, -0.2) is 15.0 Å². The molecule has 0 spiro atoms. The standard InChI is InChI=1S/C18H20N4O3.C13H11N3O2.C12H10N4O2.C11H14N4O3/c1-12(2)16(22-18(25)14-10-19-8-9-20-14)15(23)11-21-17(24)13-6-4-3-5-7-13;17-12(10-1-5-14-6-2-10)9-16-13(18)11-3-7-15-8-4-11;17-11(9-1-3-13-4-2-9)8-16-12(18)10-7-14-5-6-15-10;16-10(15-3-5-18-6-4-15)8-14-11(17)9-7-12-1-2-13-9/h3-10,12,16H,11H2,1-2H3,(H,21,24)(H,22,25);1-8H,9H2,(H,16,18);1-7H,8H2,(H,16,18);1-2,7H,3-6,8H2,(H,14,17)/t16-;;;/m0.../s1. The average molecular weight is 1070 g/mol. The van der Waals surface area contributed by atoms with E-state index in [1.807, 2.05) is 13.8 Å². The Labute approximate surface area is 453 Å². The molecule has 7 aromatic rings. The number of amides is 6. The maximum Gasteiger partial charge on any atom is 0.272 e. The first-order valence-electron chi connectivity index (χ1n) is 24.2. The van der Waals surface area contributed by atoms with Gasteiger partial charge >= 0.3 is 0 Å². The van der Waals surface area contributed by atoms with Crippen LogP contribution in [0.4, 0.5) is 0 Å². The van der Waals surface area contributed by atoms with E-state index in [4.69, 9.17) is 4.74 Å². The molecule has 0 aliphatic carbocycles. The lowest BCUT2D eigenvalue weighted by molar-refractivity contribution is -0.134. The van der Waals surface area contributed by atoms with Crippen molar-refractivity contribution >= 4 is 52.8 Å². The van der Waals surface area contributed by atoms with E-state index in [2.05, 4.69) is 71.4 Å². The Morgan fingerprint density at radius 2 is 0.835 bits per heavy atom. The molecule has 5 N–H and O–H groups in total. The normalized spacial score (nSPS) is 11.6. The number of hydrogen-bond acceptors (Lipinski definition) is 19. The number of nitrogens with zero attached hydrogens (tertiary/aromatic N) is 10. The Bertz CT molecular complexity index is 2850. The molecule has 0 bridgehead atoms. The highest BCUT2D eigenvalue weighted by molar-refractivity contribution is 6.03. The first kappa shape index (κ1) is 59.6. The summed E-state index contributed by atoms with van der Waals surface area (Å²) in [5, 5.41) is 12.8. The van der Waals surface area contributed by atoms with E-state index in [1.165, 1.54) is 93.0 Å². The molecule has 1 saturated heterocycles. The first-order valence-corrected chi connectivity index (χ1v) is 24.2. The molecular weight excluding hydrogens is 1020 g/mol. The second-order valence-corrected chi connectivity index (χ2v) is 16.6.